The average molecular weight is 469 g/mol. The minimum atomic E-state index is -0.344. The van der Waals surface area contributed by atoms with Crippen molar-refractivity contribution in [2.24, 2.45) is 0 Å². The minimum Gasteiger partial charge on any atom is -0.495 e. The van der Waals surface area contributed by atoms with Crippen LogP contribution in [0.25, 0.3) is 0 Å². The maximum atomic E-state index is 12.7. The molecule has 166 valence electrons. The van der Waals surface area contributed by atoms with Crippen LogP contribution in [0.1, 0.15) is 28.4 Å². The van der Waals surface area contributed by atoms with E-state index in [1.807, 2.05) is 57.2 Å². The zero-order chi connectivity index (χ0) is 23.3. The first-order valence-corrected chi connectivity index (χ1v) is 11.3. The van der Waals surface area contributed by atoms with E-state index in [9.17, 15) is 9.59 Å². The summed E-state index contributed by atoms with van der Waals surface area (Å²) in [5.41, 5.74) is 3.84. The Hall–Kier alpha value is -2.96. The Balaban J connectivity index is 1.60. The lowest BCUT2D eigenvalue weighted by atomic mass is 10.1. The maximum absolute atomic E-state index is 12.7. The fourth-order valence-electron chi connectivity index (χ4n) is 2.95. The van der Waals surface area contributed by atoms with Crippen molar-refractivity contribution in [1.82, 2.24) is 0 Å². The smallest absolute Gasteiger partial charge is 0.255 e. The maximum Gasteiger partial charge on any atom is 0.255 e. The molecule has 2 N–H and O–H groups in total. The first kappa shape index (κ1) is 23.7. The second-order valence-electron chi connectivity index (χ2n) is 7.40. The Morgan fingerprint density at radius 1 is 0.969 bits per heavy atom. The van der Waals surface area contributed by atoms with Crippen molar-refractivity contribution in [3.05, 3.63) is 82.4 Å². The zero-order valence-electron chi connectivity index (χ0n) is 18.4. The highest BCUT2D eigenvalue weighted by Gasteiger charge is 2.17. The number of aryl methyl sites for hydroxylation is 2. The van der Waals surface area contributed by atoms with Gasteiger partial charge in [-0.2, -0.15) is 0 Å². The van der Waals surface area contributed by atoms with Crippen molar-refractivity contribution in [1.29, 1.82) is 0 Å². The summed E-state index contributed by atoms with van der Waals surface area (Å²) in [6.45, 7) is 5.68. The number of hydrogen-bond acceptors (Lipinski definition) is 4. The normalized spacial score (nSPS) is 11.5. The fraction of sp³-hybridized carbons (Fsp3) is 0.200. The first-order valence-electron chi connectivity index (χ1n) is 10.1. The molecule has 3 aromatic rings. The third kappa shape index (κ3) is 6.05. The van der Waals surface area contributed by atoms with Gasteiger partial charge < -0.3 is 15.4 Å². The van der Waals surface area contributed by atoms with Crippen LogP contribution in [0.3, 0.4) is 0 Å². The van der Waals surface area contributed by atoms with E-state index in [2.05, 4.69) is 10.6 Å². The number of ether oxygens (including phenoxy) is 1. The molecule has 5 nitrogen and oxygen atoms in total. The Morgan fingerprint density at radius 3 is 2.25 bits per heavy atom. The Kier molecular flexibility index (Phi) is 7.83. The van der Waals surface area contributed by atoms with Gasteiger partial charge in [0.05, 0.1) is 18.0 Å². The van der Waals surface area contributed by atoms with Crippen LogP contribution in [-0.2, 0) is 4.79 Å². The van der Waals surface area contributed by atoms with Crippen molar-refractivity contribution >= 4 is 46.6 Å². The molecule has 3 aromatic carbocycles. The number of hydrogen-bond donors (Lipinski definition) is 2. The minimum absolute atomic E-state index is 0.147. The molecule has 0 saturated heterocycles. The molecule has 0 radical (unpaired) electrons. The predicted octanol–water partition coefficient (Wildman–Crippen LogP) is 6.34. The highest BCUT2D eigenvalue weighted by molar-refractivity contribution is 8.00. The second kappa shape index (κ2) is 10.6. The number of halogens is 1. The summed E-state index contributed by atoms with van der Waals surface area (Å²) in [7, 11) is 1.54. The van der Waals surface area contributed by atoms with Crippen LogP contribution < -0.4 is 15.4 Å². The summed E-state index contributed by atoms with van der Waals surface area (Å²) in [6.07, 6.45) is 0. The van der Waals surface area contributed by atoms with Crippen LogP contribution in [-0.4, -0.2) is 24.2 Å². The largest absolute Gasteiger partial charge is 0.495 e. The van der Waals surface area contributed by atoms with Gasteiger partial charge in [0.1, 0.15) is 5.75 Å². The third-order valence-corrected chi connectivity index (χ3v) is 6.37. The highest BCUT2D eigenvalue weighted by atomic mass is 35.5. The lowest BCUT2D eigenvalue weighted by Crippen LogP contribution is -2.22. The molecule has 0 saturated carbocycles. The van der Waals surface area contributed by atoms with Gasteiger partial charge >= 0.3 is 0 Å². The Bertz CT molecular complexity index is 1120. The van der Waals surface area contributed by atoms with Crippen LogP contribution in [0.5, 0.6) is 5.75 Å². The van der Waals surface area contributed by atoms with E-state index in [0.717, 1.165) is 16.0 Å². The van der Waals surface area contributed by atoms with Gasteiger partial charge in [-0.3, -0.25) is 9.59 Å². The lowest BCUT2D eigenvalue weighted by molar-refractivity contribution is -0.115. The van der Waals surface area contributed by atoms with Gasteiger partial charge in [-0.1, -0.05) is 29.3 Å². The van der Waals surface area contributed by atoms with Crippen LogP contribution in [0.15, 0.2) is 65.6 Å². The fourth-order valence-corrected chi connectivity index (χ4v) is 3.97. The Morgan fingerprint density at radius 2 is 1.62 bits per heavy atom. The number of thioether (sulfide) groups is 1. The van der Waals surface area contributed by atoms with Gasteiger partial charge in [0.25, 0.3) is 5.91 Å². The van der Waals surface area contributed by atoms with Gasteiger partial charge in [0.2, 0.25) is 5.91 Å². The number of carbonyl (C=O) groups excluding carboxylic acids is 2. The molecule has 2 amide bonds. The quantitative estimate of drug-likeness (QED) is 0.397. The molecule has 0 fully saturated rings. The molecular formula is C25H25ClN2O3S. The van der Waals surface area contributed by atoms with E-state index >= 15 is 0 Å². The first-order chi connectivity index (χ1) is 15.3. The molecule has 0 bridgehead atoms. The van der Waals surface area contributed by atoms with Crippen molar-refractivity contribution in [2.75, 3.05) is 17.7 Å². The van der Waals surface area contributed by atoms with Crippen molar-refractivity contribution < 1.29 is 14.3 Å². The topological polar surface area (TPSA) is 67.4 Å². The van der Waals surface area contributed by atoms with Crippen LogP contribution in [0.4, 0.5) is 11.4 Å². The summed E-state index contributed by atoms with van der Waals surface area (Å²) in [4.78, 5) is 26.0. The van der Waals surface area contributed by atoms with Gasteiger partial charge in [-0.05, 0) is 68.8 Å². The number of rotatable bonds is 7. The number of nitrogens with one attached hydrogen (secondary N) is 2. The summed E-state index contributed by atoms with van der Waals surface area (Å²) in [6, 6.07) is 18.3. The number of benzene rings is 3. The standard InChI is InChI=1S/C25H25ClN2O3S/c1-15-5-7-18(8-6-15)25(30)27-19-9-11-20(12-10-19)32-17(3)24(29)28-22-13-16(2)21(26)14-23(22)31-4/h5-14,17H,1-4H3,(H,27,30)(H,28,29). The van der Waals surface area contributed by atoms with E-state index in [1.54, 1.807) is 24.3 Å². The predicted molar refractivity (Wildman–Crippen MR) is 132 cm³/mol. The number of carbonyl (C=O) groups is 2. The van der Waals surface area contributed by atoms with Crippen molar-refractivity contribution in [3.63, 3.8) is 0 Å². The van der Waals surface area contributed by atoms with Crippen LogP contribution >= 0.6 is 23.4 Å². The van der Waals surface area contributed by atoms with Crippen molar-refractivity contribution in [3.8, 4) is 5.75 Å². The highest BCUT2D eigenvalue weighted by Crippen LogP contribution is 2.32. The molecule has 0 aromatic heterocycles. The number of anilines is 2. The van der Waals surface area contributed by atoms with Crippen LogP contribution in [0.2, 0.25) is 5.02 Å². The molecule has 0 heterocycles. The SMILES string of the molecule is COc1cc(Cl)c(C)cc1NC(=O)C(C)Sc1ccc(NC(=O)c2ccc(C)cc2)cc1. The molecule has 32 heavy (non-hydrogen) atoms. The molecule has 0 aliphatic carbocycles. The summed E-state index contributed by atoms with van der Waals surface area (Å²) < 4.78 is 5.32. The molecule has 3 rings (SSSR count). The molecule has 0 spiro atoms. The zero-order valence-corrected chi connectivity index (χ0v) is 19.9. The van der Waals surface area contributed by atoms with Gasteiger partial charge in [0.15, 0.2) is 0 Å². The van der Waals surface area contributed by atoms with E-state index in [-0.39, 0.29) is 17.1 Å². The van der Waals surface area contributed by atoms with Gasteiger partial charge in [-0.25, -0.2) is 0 Å². The summed E-state index contributed by atoms with van der Waals surface area (Å²) in [5.74, 6) is 0.206. The van der Waals surface area contributed by atoms with Crippen molar-refractivity contribution in [2.45, 2.75) is 30.9 Å². The number of amides is 2. The molecule has 1 unspecified atom stereocenters. The molecule has 1 atom stereocenters. The molecule has 7 heteroatoms. The van der Waals surface area contributed by atoms with Crippen LogP contribution in [0, 0.1) is 13.8 Å². The average Bonchev–Trinajstić information content (AvgIpc) is 2.77. The molecule has 0 aliphatic rings. The third-order valence-electron chi connectivity index (χ3n) is 4.85. The van der Waals surface area contributed by atoms with E-state index in [1.165, 1.54) is 18.9 Å². The van der Waals surface area contributed by atoms with Gasteiger partial charge in [-0.15, -0.1) is 11.8 Å². The Labute approximate surface area is 197 Å². The van der Waals surface area contributed by atoms with E-state index in [4.69, 9.17) is 16.3 Å². The monoisotopic (exact) mass is 468 g/mol. The summed E-state index contributed by atoms with van der Waals surface area (Å²) in [5, 5.41) is 6.03. The second-order valence-corrected chi connectivity index (χ2v) is 9.22. The number of methoxy groups -OCH3 is 1. The van der Waals surface area contributed by atoms with E-state index < -0.39 is 0 Å². The van der Waals surface area contributed by atoms with E-state index in [0.29, 0.717) is 27.7 Å². The summed E-state index contributed by atoms with van der Waals surface area (Å²) >= 11 is 7.56. The lowest BCUT2D eigenvalue weighted by Gasteiger charge is -2.15. The molecular weight excluding hydrogens is 444 g/mol. The van der Waals surface area contributed by atoms with Gasteiger partial charge in [0, 0.05) is 27.2 Å². The molecule has 0 aliphatic heterocycles.